The summed E-state index contributed by atoms with van der Waals surface area (Å²) in [7, 11) is 0. The van der Waals surface area contributed by atoms with Gasteiger partial charge in [0.1, 0.15) is 17.4 Å². The molecule has 0 fully saturated rings. The molecule has 2 rings (SSSR count). The summed E-state index contributed by atoms with van der Waals surface area (Å²) in [6, 6.07) is 14.9. The number of carbonyl (C=O) groups excluding carboxylic acids is 1. The summed E-state index contributed by atoms with van der Waals surface area (Å²) in [6.45, 7) is 1.88. The second-order valence-electron chi connectivity index (χ2n) is 4.67. The molecule has 1 atom stereocenters. The number of hydrogen-bond acceptors (Lipinski definition) is 3. The Balaban J connectivity index is 2.01. The van der Waals surface area contributed by atoms with Gasteiger partial charge in [0, 0.05) is 0 Å². The van der Waals surface area contributed by atoms with Crippen molar-refractivity contribution in [3.63, 3.8) is 0 Å². The van der Waals surface area contributed by atoms with Crippen LogP contribution in [0.1, 0.15) is 24.3 Å². The van der Waals surface area contributed by atoms with Gasteiger partial charge in [-0.3, -0.25) is 4.79 Å². The Kier molecular flexibility index (Phi) is 5.33. The van der Waals surface area contributed by atoms with E-state index in [0.717, 1.165) is 5.56 Å². The highest BCUT2D eigenvalue weighted by atomic mass is 16.3. The van der Waals surface area contributed by atoms with Gasteiger partial charge in [0.15, 0.2) is 0 Å². The molecule has 0 saturated heterocycles. The molecule has 1 aromatic heterocycles. The third kappa shape index (κ3) is 4.22. The number of carbonyl (C=O) groups is 1. The van der Waals surface area contributed by atoms with E-state index in [1.165, 1.54) is 6.08 Å². The molecule has 0 aliphatic carbocycles. The molecule has 0 aliphatic heterocycles. The molecular weight excluding hydrogens is 276 g/mol. The molecular formula is C18H16N2O2. The largest absolute Gasteiger partial charge is 0.465 e. The minimum absolute atomic E-state index is 0.0468. The molecule has 110 valence electrons. The lowest BCUT2D eigenvalue weighted by atomic mass is 10.1. The lowest BCUT2D eigenvalue weighted by Gasteiger charge is -2.13. The first kappa shape index (κ1) is 15.3. The number of furan rings is 1. The van der Waals surface area contributed by atoms with Crippen LogP contribution in [0.4, 0.5) is 0 Å². The minimum Gasteiger partial charge on any atom is -0.465 e. The van der Waals surface area contributed by atoms with Gasteiger partial charge in [0.05, 0.1) is 12.3 Å². The third-order valence-electron chi connectivity index (χ3n) is 3.08. The topological polar surface area (TPSA) is 66.0 Å². The monoisotopic (exact) mass is 292 g/mol. The Hall–Kier alpha value is -3.06. The van der Waals surface area contributed by atoms with Gasteiger partial charge in [-0.05, 0) is 36.8 Å². The Labute approximate surface area is 129 Å². The van der Waals surface area contributed by atoms with Crippen molar-refractivity contribution in [1.82, 2.24) is 5.32 Å². The summed E-state index contributed by atoms with van der Waals surface area (Å²) >= 11 is 0. The van der Waals surface area contributed by atoms with E-state index in [1.807, 2.05) is 43.3 Å². The lowest BCUT2D eigenvalue weighted by molar-refractivity contribution is -0.117. The van der Waals surface area contributed by atoms with Crippen molar-refractivity contribution in [2.24, 2.45) is 0 Å². The van der Waals surface area contributed by atoms with Gasteiger partial charge in [0.25, 0.3) is 5.91 Å². The van der Waals surface area contributed by atoms with E-state index < -0.39 is 5.91 Å². The van der Waals surface area contributed by atoms with Gasteiger partial charge in [0.2, 0.25) is 0 Å². The Morgan fingerprint density at radius 2 is 2.05 bits per heavy atom. The van der Waals surface area contributed by atoms with E-state index in [-0.39, 0.29) is 11.6 Å². The van der Waals surface area contributed by atoms with Crippen LogP contribution in [-0.4, -0.2) is 5.91 Å². The smallest absolute Gasteiger partial charge is 0.262 e. The zero-order chi connectivity index (χ0) is 15.8. The van der Waals surface area contributed by atoms with E-state index >= 15 is 0 Å². The van der Waals surface area contributed by atoms with E-state index in [0.29, 0.717) is 5.76 Å². The van der Waals surface area contributed by atoms with Crippen molar-refractivity contribution in [3.8, 4) is 6.07 Å². The quantitative estimate of drug-likeness (QED) is 0.520. The molecule has 1 aromatic carbocycles. The lowest BCUT2D eigenvalue weighted by Crippen LogP contribution is -2.27. The first-order valence-corrected chi connectivity index (χ1v) is 6.88. The van der Waals surface area contributed by atoms with Crippen LogP contribution in [0.3, 0.4) is 0 Å². The average Bonchev–Trinajstić information content (AvgIpc) is 3.05. The summed E-state index contributed by atoms with van der Waals surface area (Å²) in [6.07, 6.45) is 6.33. The van der Waals surface area contributed by atoms with Crippen molar-refractivity contribution >= 4 is 12.0 Å². The predicted octanol–water partition coefficient (Wildman–Crippen LogP) is 3.62. The van der Waals surface area contributed by atoms with Gasteiger partial charge in [-0.2, -0.15) is 5.26 Å². The molecule has 4 heteroatoms. The fourth-order valence-electron chi connectivity index (χ4n) is 1.89. The number of hydrogen-bond donors (Lipinski definition) is 1. The zero-order valence-electron chi connectivity index (χ0n) is 12.2. The second kappa shape index (κ2) is 7.65. The molecule has 0 bridgehead atoms. The molecule has 2 aromatic rings. The van der Waals surface area contributed by atoms with Crippen molar-refractivity contribution in [2.75, 3.05) is 0 Å². The molecule has 0 spiro atoms. The molecule has 1 heterocycles. The highest BCUT2D eigenvalue weighted by molar-refractivity contribution is 5.97. The maximum absolute atomic E-state index is 12.1. The van der Waals surface area contributed by atoms with Gasteiger partial charge in [-0.15, -0.1) is 0 Å². The Morgan fingerprint density at radius 1 is 1.27 bits per heavy atom. The molecule has 0 radical (unpaired) electrons. The summed E-state index contributed by atoms with van der Waals surface area (Å²) in [5.41, 5.74) is 1.03. The van der Waals surface area contributed by atoms with E-state index in [4.69, 9.17) is 9.68 Å². The predicted molar refractivity (Wildman–Crippen MR) is 84.4 cm³/mol. The summed E-state index contributed by atoms with van der Waals surface area (Å²) in [4.78, 5) is 12.1. The van der Waals surface area contributed by atoms with Gasteiger partial charge < -0.3 is 9.73 Å². The van der Waals surface area contributed by atoms with Crippen LogP contribution in [0.2, 0.25) is 0 Å². The highest BCUT2D eigenvalue weighted by Gasteiger charge is 2.12. The Morgan fingerprint density at radius 3 is 2.68 bits per heavy atom. The molecule has 1 N–H and O–H groups in total. The van der Waals surface area contributed by atoms with Crippen LogP contribution in [0, 0.1) is 11.3 Å². The molecule has 0 aliphatic rings. The van der Waals surface area contributed by atoms with Gasteiger partial charge in [-0.25, -0.2) is 0 Å². The number of benzene rings is 1. The average molecular weight is 292 g/mol. The van der Waals surface area contributed by atoms with Crippen molar-refractivity contribution in [2.45, 2.75) is 13.0 Å². The SMILES string of the molecule is C[C@@H](NC(=O)/C(C#N)=C\C=C\c1ccco1)c1ccccc1. The van der Waals surface area contributed by atoms with Gasteiger partial charge in [-0.1, -0.05) is 36.4 Å². The van der Waals surface area contributed by atoms with E-state index in [1.54, 1.807) is 30.5 Å². The number of allylic oxidation sites excluding steroid dienone is 2. The maximum Gasteiger partial charge on any atom is 0.262 e. The molecule has 0 unspecified atom stereocenters. The van der Waals surface area contributed by atoms with Crippen LogP contribution in [0.25, 0.3) is 6.08 Å². The molecule has 4 nitrogen and oxygen atoms in total. The molecule has 1 amide bonds. The fraction of sp³-hybridized carbons (Fsp3) is 0.111. The van der Waals surface area contributed by atoms with Crippen molar-refractivity contribution in [1.29, 1.82) is 5.26 Å². The summed E-state index contributed by atoms with van der Waals surface area (Å²) in [5, 5.41) is 11.9. The summed E-state index contributed by atoms with van der Waals surface area (Å²) < 4.78 is 5.13. The number of rotatable bonds is 5. The van der Waals surface area contributed by atoms with Crippen LogP contribution < -0.4 is 5.32 Å². The second-order valence-corrected chi connectivity index (χ2v) is 4.67. The molecule has 22 heavy (non-hydrogen) atoms. The first-order chi connectivity index (χ1) is 10.7. The van der Waals surface area contributed by atoms with Crippen LogP contribution in [0.5, 0.6) is 0 Å². The van der Waals surface area contributed by atoms with Crippen molar-refractivity contribution < 1.29 is 9.21 Å². The van der Waals surface area contributed by atoms with Crippen molar-refractivity contribution in [3.05, 3.63) is 77.8 Å². The normalized spacial score (nSPS) is 12.8. The standard InChI is InChI=1S/C18H16N2O2/c1-14(15-7-3-2-4-8-15)20-18(21)16(13-19)9-5-10-17-11-6-12-22-17/h2-12,14H,1H3,(H,20,21)/b10-5+,16-9-/t14-/m1/s1. The zero-order valence-corrected chi connectivity index (χ0v) is 12.2. The number of nitrogens with one attached hydrogen (secondary N) is 1. The van der Waals surface area contributed by atoms with E-state index in [2.05, 4.69) is 5.32 Å². The fourth-order valence-corrected chi connectivity index (χ4v) is 1.89. The van der Waals surface area contributed by atoms with Crippen LogP contribution in [-0.2, 0) is 4.79 Å². The first-order valence-electron chi connectivity index (χ1n) is 6.88. The number of nitrogens with zero attached hydrogens (tertiary/aromatic N) is 1. The third-order valence-corrected chi connectivity index (χ3v) is 3.08. The maximum atomic E-state index is 12.1. The number of nitriles is 1. The number of amides is 1. The van der Waals surface area contributed by atoms with Crippen LogP contribution >= 0.6 is 0 Å². The van der Waals surface area contributed by atoms with Gasteiger partial charge >= 0.3 is 0 Å². The highest BCUT2D eigenvalue weighted by Crippen LogP contribution is 2.12. The molecule has 0 saturated carbocycles. The Bertz CT molecular complexity index is 707. The minimum atomic E-state index is -0.400. The summed E-state index contributed by atoms with van der Waals surface area (Å²) in [5.74, 6) is 0.259. The van der Waals surface area contributed by atoms with E-state index in [9.17, 15) is 4.79 Å². The van der Waals surface area contributed by atoms with Crippen LogP contribution in [0.15, 0.2) is 70.9 Å².